The number of nitrogen functional groups attached to an aromatic ring is 1. The third-order valence-electron chi connectivity index (χ3n) is 2.83. The normalized spacial score (nSPS) is 10.3. The molecule has 2 N–H and O–H groups in total. The number of hydrogen-bond acceptors (Lipinski definition) is 3. The minimum absolute atomic E-state index is 0.191. The summed E-state index contributed by atoms with van der Waals surface area (Å²) in [6, 6.07) is 6.79. The summed E-state index contributed by atoms with van der Waals surface area (Å²) in [6.07, 6.45) is 1.26. The largest absolute Gasteiger partial charge is 0.381 e. The second-order valence-corrected chi connectivity index (χ2v) is 4.09. The van der Waals surface area contributed by atoms with E-state index in [1.165, 1.54) is 35.4 Å². The Morgan fingerprint density at radius 3 is 2.75 bits per heavy atom. The maximum Gasteiger partial charge on any atom is 0.261 e. The molecular formula is C14H13F2N3O. The van der Waals surface area contributed by atoms with E-state index in [4.69, 9.17) is 5.73 Å². The number of rotatable bonds is 3. The molecule has 1 heterocycles. The monoisotopic (exact) mass is 277 g/mol. The lowest BCUT2D eigenvalue weighted by atomic mass is 10.2. The van der Waals surface area contributed by atoms with E-state index < -0.39 is 17.5 Å². The molecule has 0 saturated heterocycles. The van der Waals surface area contributed by atoms with Crippen LogP contribution in [-0.4, -0.2) is 17.4 Å². The maximum atomic E-state index is 13.8. The van der Waals surface area contributed by atoms with Gasteiger partial charge in [-0.1, -0.05) is 6.07 Å². The Kier molecular flexibility index (Phi) is 3.93. The van der Waals surface area contributed by atoms with Gasteiger partial charge in [-0.15, -0.1) is 0 Å². The summed E-state index contributed by atoms with van der Waals surface area (Å²) >= 11 is 0. The van der Waals surface area contributed by atoms with Crippen LogP contribution in [0.25, 0.3) is 0 Å². The summed E-state index contributed by atoms with van der Waals surface area (Å²) < 4.78 is 27.1. The van der Waals surface area contributed by atoms with E-state index in [1.807, 2.05) is 0 Å². The lowest BCUT2D eigenvalue weighted by molar-refractivity contribution is 0.0984. The lowest BCUT2D eigenvalue weighted by Crippen LogP contribution is -2.31. The Labute approximate surface area is 114 Å². The molecule has 0 aliphatic carbocycles. The van der Waals surface area contributed by atoms with Gasteiger partial charge in [0.05, 0.1) is 5.56 Å². The molecule has 0 saturated carbocycles. The third-order valence-corrected chi connectivity index (χ3v) is 2.83. The van der Waals surface area contributed by atoms with Gasteiger partial charge < -0.3 is 10.6 Å². The number of amides is 1. The fourth-order valence-corrected chi connectivity index (χ4v) is 1.86. The van der Waals surface area contributed by atoms with Crippen molar-refractivity contribution in [3.8, 4) is 0 Å². The molecular weight excluding hydrogens is 264 g/mol. The van der Waals surface area contributed by atoms with Crippen LogP contribution < -0.4 is 10.6 Å². The van der Waals surface area contributed by atoms with Crippen molar-refractivity contribution in [2.24, 2.45) is 0 Å². The van der Waals surface area contributed by atoms with Gasteiger partial charge in [-0.05, 0) is 31.2 Å². The zero-order chi connectivity index (χ0) is 14.7. The van der Waals surface area contributed by atoms with Gasteiger partial charge in [0.1, 0.15) is 5.82 Å². The first-order valence-electron chi connectivity index (χ1n) is 6.02. The van der Waals surface area contributed by atoms with Crippen molar-refractivity contribution in [1.29, 1.82) is 0 Å². The number of pyridine rings is 1. The number of benzene rings is 1. The van der Waals surface area contributed by atoms with Crippen molar-refractivity contribution in [3.63, 3.8) is 0 Å². The number of carbonyl (C=O) groups excluding carboxylic acids is 1. The number of nitrogens with zero attached hydrogens (tertiary/aromatic N) is 2. The fourth-order valence-electron chi connectivity index (χ4n) is 1.86. The molecule has 0 unspecified atom stereocenters. The Morgan fingerprint density at radius 2 is 2.10 bits per heavy atom. The smallest absolute Gasteiger partial charge is 0.261 e. The lowest BCUT2D eigenvalue weighted by Gasteiger charge is -2.21. The minimum atomic E-state index is -0.868. The molecule has 0 atom stereocenters. The molecule has 0 aliphatic heterocycles. The van der Waals surface area contributed by atoms with E-state index in [0.29, 0.717) is 5.69 Å². The number of nitrogens with two attached hydrogens (primary N) is 1. The predicted molar refractivity (Wildman–Crippen MR) is 72.4 cm³/mol. The predicted octanol–water partition coefficient (Wildman–Crippen LogP) is 2.61. The number of carbonyl (C=O) groups is 1. The molecule has 1 amide bonds. The maximum absolute atomic E-state index is 13.8. The fraction of sp³-hybridized carbons (Fsp3) is 0.143. The minimum Gasteiger partial charge on any atom is -0.381 e. The number of hydrogen-bond donors (Lipinski definition) is 1. The second kappa shape index (κ2) is 5.64. The topological polar surface area (TPSA) is 59.2 Å². The summed E-state index contributed by atoms with van der Waals surface area (Å²) in [5.41, 5.74) is 5.51. The first-order valence-corrected chi connectivity index (χ1v) is 6.02. The highest BCUT2D eigenvalue weighted by molar-refractivity contribution is 6.06. The van der Waals surface area contributed by atoms with Crippen molar-refractivity contribution in [2.75, 3.05) is 17.2 Å². The van der Waals surface area contributed by atoms with Gasteiger partial charge in [0, 0.05) is 18.4 Å². The number of halogens is 2. The number of aromatic nitrogens is 1. The molecule has 0 fully saturated rings. The number of anilines is 2. The molecule has 2 rings (SSSR count). The molecule has 20 heavy (non-hydrogen) atoms. The highest BCUT2D eigenvalue weighted by Gasteiger charge is 2.21. The quantitative estimate of drug-likeness (QED) is 0.938. The van der Waals surface area contributed by atoms with Gasteiger partial charge in [0.15, 0.2) is 11.6 Å². The van der Waals surface area contributed by atoms with Crippen LogP contribution in [-0.2, 0) is 0 Å². The summed E-state index contributed by atoms with van der Waals surface area (Å²) in [4.78, 5) is 17.2. The highest BCUT2D eigenvalue weighted by Crippen LogP contribution is 2.20. The van der Waals surface area contributed by atoms with Crippen LogP contribution in [0.2, 0.25) is 0 Å². The molecule has 0 radical (unpaired) electrons. The van der Waals surface area contributed by atoms with Crippen molar-refractivity contribution < 1.29 is 13.6 Å². The molecule has 2 aromatic rings. The first-order chi connectivity index (χ1) is 9.54. The molecule has 1 aromatic heterocycles. The van der Waals surface area contributed by atoms with Gasteiger partial charge in [0.2, 0.25) is 0 Å². The standard InChI is InChI=1S/C14H13F2N3O/c1-2-19(10-5-3-4-9(15)8-10)14(20)11-6-7-18-13(17)12(11)16/h3-8H,2H2,1H3,(H2,17,18). The summed E-state index contributed by atoms with van der Waals surface area (Å²) in [5.74, 6) is -2.27. The van der Waals surface area contributed by atoms with E-state index in [-0.39, 0.29) is 17.9 Å². The van der Waals surface area contributed by atoms with E-state index >= 15 is 0 Å². The van der Waals surface area contributed by atoms with Crippen LogP contribution in [0.4, 0.5) is 20.3 Å². The van der Waals surface area contributed by atoms with Crippen LogP contribution in [0.5, 0.6) is 0 Å². The SMILES string of the molecule is CCN(C(=O)c1ccnc(N)c1F)c1cccc(F)c1. The van der Waals surface area contributed by atoms with E-state index in [0.717, 1.165) is 0 Å². The van der Waals surface area contributed by atoms with Crippen molar-refractivity contribution in [3.05, 3.63) is 53.7 Å². The summed E-state index contributed by atoms with van der Waals surface area (Å²) in [6.45, 7) is 1.98. The highest BCUT2D eigenvalue weighted by atomic mass is 19.1. The summed E-state index contributed by atoms with van der Waals surface area (Å²) in [5, 5.41) is 0. The molecule has 0 aliphatic rings. The summed E-state index contributed by atoms with van der Waals surface area (Å²) in [7, 11) is 0. The van der Waals surface area contributed by atoms with Gasteiger partial charge in [-0.3, -0.25) is 4.79 Å². The average Bonchev–Trinajstić information content (AvgIpc) is 2.42. The van der Waals surface area contributed by atoms with Crippen molar-refractivity contribution in [2.45, 2.75) is 6.92 Å². The van der Waals surface area contributed by atoms with Crippen LogP contribution in [0.1, 0.15) is 17.3 Å². The van der Waals surface area contributed by atoms with Crippen molar-refractivity contribution in [1.82, 2.24) is 4.98 Å². The van der Waals surface area contributed by atoms with Crippen LogP contribution >= 0.6 is 0 Å². The first kappa shape index (κ1) is 13.9. The van der Waals surface area contributed by atoms with Gasteiger partial charge in [0.25, 0.3) is 5.91 Å². The Bertz CT molecular complexity index is 646. The van der Waals surface area contributed by atoms with Crippen molar-refractivity contribution >= 4 is 17.4 Å². The van der Waals surface area contributed by atoms with Crippen LogP contribution in [0.15, 0.2) is 36.5 Å². The Balaban J connectivity index is 2.42. The zero-order valence-electron chi connectivity index (χ0n) is 10.8. The van der Waals surface area contributed by atoms with Crippen LogP contribution in [0, 0.1) is 11.6 Å². The van der Waals surface area contributed by atoms with E-state index in [9.17, 15) is 13.6 Å². The second-order valence-electron chi connectivity index (χ2n) is 4.09. The molecule has 1 aromatic carbocycles. The average molecular weight is 277 g/mol. The van der Waals surface area contributed by atoms with E-state index in [2.05, 4.69) is 4.98 Å². The molecule has 0 spiro atoms. The van der Waals surface area contributed by atoms with Crippen LogP contribution in [0.3, 0.4) is 0 Å². The molecule has 0 bridgehead atoms. The Morgan fingerprint density at radius 1 is 1.35 bits per heavy atom. The molecule has 6 heteroatoms. The van der Waals surface area contributed by atoms with E-state index in [1.54, 1.807) is 13.0 Å². The molecule has 4 nitrogen and oxygen atoms in total. The zero-order valence-corrected chi connectivity index (χ0v) is 10.8. The third kappa shape index (κ3) is 2.59. The van der Waals surface area contributed by atoms with Gasteiger partial charge >= 0.3 is 0 Å². The molecule has 104 valence electrons. The van der Waals surface area contributed by atoms with Gasteiger partial charge in [-0.25, -0.2) is 13.8 Å². The Hall–Kier alpha value is -2.50. The van der Waals surface area contributed by atoms with Gasteiger partial charge in [-0.2, -0.15) is 0 Å².